The molecular formula is C13H23NO3S. The fourth-order valence-electron chi connectivity index (χ4n) is 2.08. The van der Waals surface area contributed by atoms with Gasteiger partial charge in [0.2, 0.25) is 5.91 Å². The summed E-state index contributed by atoms with van der Waals surface area (Å²) in [6.45, 7) is 5.28. The topological polar surface area (TPSA) is 57.6 Å². The number of amides is 1. The van der Waals surface area contributed by atoms with Gasteiger partial charge in [-0.25, -0.2) is 0 Å². The van der Waals surface area contributed by atoms with Crippen LogP contribution in [0, 0.1) is 5.92 Å². The molecule has 1 aliphatic heterocycles. The minimum Gasteiger partial charge on any atom is -0.481 e. The summed E-state index contributed by atoms with van der Waals surface area (Å²) >= 11 is 1.70. The molecule has 104 valence electrons. The van der Waals surface area contributed by atoms with Crippen molar-refractivity contribution >= 4 is 23.6 Å². The van der Waals surface area contributed by atoms with Gasteiger partial charge >= 0.3 is 5.97 Å². The van der Waals surface area contributed by atoms with Gasteiger partial charge in [0.1, 0.15) is 0 Å². The zero-order valence-corrected chi connectivity index (χ0v) is 12.0. The largest absolute Gasteiger partial charge is 0.481 e. The lowest BCUT2D eigenvalue weighted by Crippen LogP contribution is -2.43. The average Bonchev–Trinajstić information content (AvgIpc) is 2.38. The molecule has 1 amide bonds. The first-order chi connectivity index (χ1) is 8.56. The molecule has 0 aromatic heterocycles. The highest BCUT2D eigenvalue weighted by atomic mass is 32.2. The summed E-state index contributed by atoms with van der Waals surface area (Å²) in [6, 6.07) is 0. The molecule has 1 heterocycles. The molecule has 1 fully saturated rings. The van der Waals surface area contributed by atoms with Gasteiger partial charge in [0, 0.05) is 13.1 Å². The van der Waals surface area contributed by atoms with Gasteiger partial charge in [0.25, 0.3) is 0 Å². The summed E-state index contributed by atoms with van der Waals surface area (Å²) in [5, 5.41) is 8.91. The molecule has 5 heteroatoms. The van der Waals surface area contributed by atoms with E-state index in [1.54, 1.807) is 11.8 Å². The second-order valence-corrected chi connectivity index (χ2v) is 6.25. The summed E-state index contributed by atoms with van der Waals surface area (Å²) in [7, 11) is 0. The standard InChI is InChI=1S/C13H23NO3S/c1-3-4-9-18-10(2)12(15)14-7-5-11(6-8-14)13(16)17/h10-11H,3-9H2,1-2H3,(H,16,17). The van der Waals surface area contributed by atoms with E-state index in [2.05, 4.69) is 6.92 Å². The molecule has 1 rings (SSSR count). The Kier molecular flexibility index (Phi) is 6.54. The summed E-state index contributed by atoms with van der Waals surface area (Å²) in [4.78, 5) is 24.8. The Balaban J connectivity index is 2.32. The molecule has 1 atom stereocenters. The molecular weight excluding hydrogens is 250 g/mol. The van der Waals surface area contributed by atoms with Crippen LogP contribution in [0.25, 0.3) is 0 Å². The van der Waals surface area contributed by atoms with Crippen LogP contribution < -0.4 is 0 Å². The van der Waals surface area contributed by atoms with Crippen molar-refractivity contribution in [3.05, 3.63) is 0 Å². The molecule has 0 aliphatic carbocycles. The van der Waals surface area contributed by atoms with Crippen LogP contribution in [-0.4, -0.2) is 46.0 Å². The lowest BCUT2D eigenvalue weighted by atomic mass is 9.97. The number of hydrogen-bond acceptors (Lipinski definition) is 3. The van der Waals surface area contributed by atoms with Crippen molar-refractivity contribution in [3.63, 3.8) is 0 Å². The van der Waals surface area contributed by atoms with Crippen LogP contribution >= 0.6 is 11.8 Å². The van der Waals surface area contributed by atoms with Crippen molar-refractivity contribution in [2.75, 3.05) is 18.8 Å². The van der Waals surface area contributed by atoms with E-state index in [0.29, 0.717) is 25.9 Å². The van der Waals surface area contributed by atoms with E-state index in [-0.39, 0.29) is 17.1 Å². The molecule has 1 aliphatic rings. The van der Waals surface area contributed by atoms with Crippen molar-refractivity contribution in [3.8, 4) is 0 Å². The Hall–Kier alpha value is -0.710. The Labute approximate surface area is 113 Å². The van der Waals surface area contributed by atoms with Gasteiger partial charge in [-0.15, -0.1) is 11.8 Å². The quantitative estimate of drug-likeness (QED) is 0.754. The number of thioether (sulfide) groups is 1. The predicted octanol–water partition coefficient (Wildman–Crippen LogP) is 2.23. The molecule has 1 N–H and O–H groups in total. The second kappa shape index (κ2) is 7.67. The monoisotopic (exact) mass is 273 g/mol. The van der Waals surface area contributed by atoms with Gasteiger partial charge in [-0.2, -0.15) is 0 Å². The minimum atomic E-state index is -0.729. The van der Waals surface area contributed by atoms with Crippen molar-refractivity contribution in [2.45, 2.75) is 44.8 Å². The van der Waals surface area contributed by atoms with E-state index >= 15 is 0 Å². The Morgan fingerprint density at radius 2 is 2.00 bits per heavy atom. The number of carboxylic acid groups (broad SMARTS) is 1. The number of likely N-dealkylation sites (tertiary alicyclic amines) is 1. The number of hydrogen-bond donors (Lipinski definition) is 1. The first kappa shape index (κ1) is 15.3. The number of carboxylic acids is 1. The smallest absolute Gasteiger partial charge is 0.306 e. The molecule has 18 heavy (non-hydrogen) atoms. The number of nitrogens with zero attached hydrogens (tertiary/aromatic N) is 1. The maximum Gasteiger partial charge on any atom is 0.306 e. The molecule has 0 radical (unpaired) electrons. The number of carbonyl (C=O) groups excluding carboxylic acids is 1. The zero-order valence-electron chi connectivity index (χ0n) is 11.2. The van der Waals surface area contributed by atoms with Gasteiger partial charge in [0.05, 0.1) is 11.2 Å². The fourth-order valence-corrected chi connectivity index (χ4v) is 3.18. The first-order valence-corrected chi connectivity index (χ1v) is 7.74. The third-order valence-corrected chi connectivity index (χ3v) is 4.60. The van der Waals surface area contributed by atoms with Crippen LogP contribution in [0.4, 0.5) is 0 Å². The second-order valence-electron chi connectivity index (χ2n) is 4.80. The van der Waals surface area contributed by atoms with Crippen LogP contribution in [-0.2, 0) is 9.59 Å². The number of unbranched alkanes of at least 4 members (excludes halogenated alkanes) is 1. The van der Waals surface area contributed by atoms with Gasteiger partial charge in [-0.3, -0.25) is 9.59 Å². The molecule has 0 aromatic carbocycles. The van der Waals surface area contributed by atoms with E-state index in [0.717, 1.165) is 18.6 Å². The van der Waals surface area contributed by atoms with Gasteiger partial charge in [0.15, 0.2) is 0 Å². The molecule has 4 nitrogen and oxygen atoms in total. The van der Waals surface area contributed by atoms with Crippen molar-refractivity contribution in [1.29, 1.82) is 0 Å². The van der Waals surface area contributed by atoms with E-state index < -0.39 is 5.97 Å². The predicted molar refractivity (Wildman–Crippen MR) is 73.8 cm³/mol. The molecule has 0 aromatic rings. The molecule has 0 saturated carbocycles. The van der Waals surface area contributed by atoms with Crippen LogP contribution in [0.1, 0.15) is 39.5 Å². The van der Waals surface area contributed by atoms with Crippen LogP contribution in [0.2, 0.25) is 0 Å². The lowest BCUT2D eigenvalue weighted by molar-refractivity contribution is -0.145. The average molecular weight is 273 g/mol. The van der Waals surface area contributed by atoms with E-state index in [1.165, 1.54) is 0 Å². The number of rotatable bonds is 6. The van der Waals surface area contributed by atoms with E-state index in [4.69, 9.17) is 5.11 Å². The van der Waals surface area contributed by atoms with E-state index in [1.807, 2.05) is 11.8 Å². The van der Waals surface area contributed by atoms with Gasteiger partial charge in [-0.1, -0.05) is 13.3 Å². The summed E-state index contributed by atoms with van der Waals surface area (Å²) in [5.41, 5.74) is 0. The fraction of sp³-hybridized carbons (Fsp3) is 0.846. The SMILES string of the molecule is CCCCSC(C)C(=O)N1CCC(C(=O)O)CC1. The van der Waals surface area contributed by atoms with Crippen LogP contribution in [0.5, 0.6) is 0 Å². The third-order valence-electron chi connectivity index (χ3n) is 3.37. The highest BCUT2D eigenvalue weighted by Gasteiger charge is 2.28. The minimum absolute atomic E-state index is 0.00192. The van der Waals surface area contributed by atoms with Crippen molar-refractivity contribution in [2.24, 2.45) is 5.92 Å². The normalized spacial score (nSPS) is 18.7. The lowest BCUT2D eigenvalue weighted by Gasteiger charge is -2.31. The van der Waals surface area contributed by atoms with Crippen LogP contribution in [0.15, 0.2) is 0 Å². The number of aliphatic carboxylic acids is 1. The molecule has 0 bridgehead atoms. The van der Waals surface area contributed by atoms with Crippen LogP contribution in [0.3, 0.4) is 0 Å². The van der Waals surface area contributed by atoms with E-state index in [9.17, 15) is 9.59 Å². The maximum atomic E-state index is 12.1. The highest BCUT2D eigenvalue weighted by Crippen LogP contribution is 2.21. The Morgan fingerprint density at radius 3 is 2.50 bits per heavy atom. The van der Waals surface area contributed by atoms with Crippen molar-refractivity contribution in [1.82, 2.24) is 4.90 Å². The molecule has 1 unspecified atom stereocenters. The summed E-state index contributed by atoms with van der Waals surface area (Å²) in [5.74, 6) is 0.194. The molecule has 0 spiro atoms. The third kappa shape index (κ3) is 4.52. The van der Waals surface area contributed by atoms with Gasteiger partial charge < -0.3 is 10.0 Å². The first-order valence-electron chi connectivity index (χ1n) is 6.69. The summed E-state index contributed by atoms with van der Waals surface area (Å²) in [6.07, 6.45) is 3.47. The highest BCUT2D eigenvalue weighted by molar-refractivity contribution is 8.00. The Bertz CT molecular complexity index is 288. The van der Waals surface area contributed by atoms with Crippen molar-refractivity contribution < 1.29 is 14.7 Å². The number of piperidine rings is 1. The number of carbonyl (C=O) groups is 2. The maximum absolute atomic E-state index is 12.1. The Morgan fingerprint density at radius 1 is 1.39 bits per heavy atom. The summed E-state index contributed by atoms with van der Waals surface area (Å²) < 4.78 is 0. The van der Waals surface area contributed by atoms with Gasteiger partial charge in [-0.05, 0) is 31.9 Å². The molecule has 1 saturated heterocycles. The zero-order chi connectivity index (χ0) is 13.5.